The molecule has 15 nitrogen and oxygen atoms in total. The first kappa shape index (κ1) is 47.7. The molecule has 5 bridgehead atoms. The summed E-state index contributed by atoms with van der Waals surface area (Å²) < 4.78 is 23.5. The van der Waals surface area contributed by atoms with Crippen molar-refractivity contribution in [3.05, 3.63) is 86.6 Å². The Balaban J connectivity index is 1.69. The summed E-state index contributed by atoms with van der Waals surface area (Å²) in [5.41, 5.74) is -0.320. The second kappa shape index (κ2) is 19.4. The van der Waals surface area contributed by atoms with Gasteiger partial charge in [0.15, 0.2) is 5.75 Å². The highest BCUT2D eigenvalue weighted by molar-refractivity contribution is 6.35. The van der Waals surface area contributed by atoms with Crippen LogP contribution in [-0.4, -0.2) is 86.7 Å². The Labute approximate surface area is 369 Å². The minimum absolute atomic E-state index is 0.00570. The van der Waals surface area contributed by atoms with Crippen molar-refractivity contribution in [2.75, 3.05) is 12.4 Å². The van der Waals surface area contributed by atoms with Gasteiger partial charge < -0.3 is 54.6 Å². The third-order valence-corrected chi connectivity index (χ3v) is 12.1. The average molecular weight is 900 g/mol. The van der Waals surface area contributed by atoms with Crippen LogP contribution in [0.3, 0.4) is 0 Å². The van der Waals surface area contributed by atoms with Crippen LogP contribution in [0.4, 0.5) is 5.69 Å². The molecule has 0 unspecified atom stereocenters. The number of hydrogen-bond acceptors (Lipinski definition) is 14. The number of phenols is 3. The number of halogens is 2. The fraction of sp³-hybridized carbons (Fsp3) is 0.422. The summed E-state index contributed by atoms with van der Waals surface area (Å²) in [6, 6.07) is 4.74. The van der Waals surface area contributed by atoms with Crippen LogP contribution in [0.2, 0.25) is 10.0 Å². The van der Waals surface area contributed by atoms with Gasteiger partial charge in [-0.1, -0.05) is 80.3 Å². The number of Topliss-reactive ketones (excluding diaryl/α,β-unsaturated/α-hetero) is 1. The van der Waals surface area contributed by atoms with Crippen molar-refractivity contribution in [3.63, 3.8) is 0 Å². The van der Waals surface area contributed by atoms with E-state index in [9.17, 15) is 39.9 Å². The number of aliphatic hydroxyl groups is 2. The Morgan fingerprint density at radius 2 is 1.66 bits per heavy atom. The topological polar surface area (TPSA) is 223 Å². The summed E-state index contributed by atoms with van der Waals surface area (Å²) in [6.07, 6.45) is 4.29. The van der Waals surface area contributed by atoms with Crippen molar-refractivity contribution in [2.45, 2.75) is 92.2 Å². The second-order valence-corrected chi connectivity index (χ2v) is 16.7. The fourth-order valence-corrected chi connectivity index (χ4v) is 8.17. The number of hydrogen-bond donors (Lipinski definition) is 6. The SMILES string of the molecule is CO[C@H]1/C=C/O[C@@]2(C)Oc3c(C)c(O)c4c(O)c(c(/C=N/OCc5ccc(Cl)cc5Cl)c(O)c4c3C2=O)NC(=O)/C(C)=C\C=C\[C@H](C)[C@H](O)[C@@H](C)[C@@H](O)[C@@H](C)[C@H](OC(C)=O)[C@@H]1C. The zero-order valence-corrected chi connectivity index (χ0v) is 37.2. The zero-order valence-electron chi connectivity index (χ0n) is 35.7. The number of ether oxygens (including phenoxy) is 4. The summed E-state index contributed by atoms with van der Waals surface area (Å²) in [7, 11) is 1.42. The minimum atomic E-state index is -2.10. The molecule has 17 heteroatoms. The van der Waals surface area contributed by atoms with Gasteiger partial charge in [0.1, 0.15) is 30.0 Å². The number of benzene rings is 3. The van der Waals surface area contributed by atoms with Crippen LogP contribution in [0.25, 0.3) is 10.8 Å². The van der Waals surface area contributed by atoms with Gasteiger partial charge in [-0.3, -0.25) is 14.4 Å². The standard InChI is InChI=1S/C45H52Cl2N2O13/c1-20-11-10-12-21(2)44(57)49-35-29(18-48-60-19-27-13-14-28(46)17-30(27)47)39(54)32-33(40(35)55)38(53)25(6)42-34(32)43(56)45(8,62-42)59-16-15-31(58-9)22(3)41(61-26(7)50)24(5)37(52)23(4)36(20)51/h10-18,20,22-24,31,36-37,41,51-55H,19H2,1-9H3,(H,49,57)/b11-10+,16-15+,21-12-,48-18+/t20-,22+,23+,24+,31-,36-,37+,41+,45-/m0/s1. The molecule has 62 heavy (non-hydrogen) atoms. The lowest BCUT2D eigenvalue weighted by atomic mass is 9.78. The van der Waals surface area contributed by atoms with E-state index in [0.717, 1.165) is 6.21 Å². The van der Waals surface area contributed by atoms with Crippen molar-refractivity contribution in [3.8, 4) is 23.0 Å². The normalized spacial score (nSPS) is 29.1. The lowest BCUT2D eigenvalue weighted by Gasteiger charge is -2.38. The van der Waals surface area contributed by atoms with Crippen molar-refractivity contribution in [2.24, 2.45) is 28.8 Å². The van der Waals surface area contributed by atoms with Crippen molar-refractivity contribution in [1.82, 2.24) is 0 Å². The molecular formula is C45H52Cl2N2O13. The third-order valence-electron chi connectivity index (χ3n) is 11.5. The van der Waals surface area contributed by atoms with Gasteiger partial charge in [-0.2, -0.15) is 0 Å². The number of phenolic OH excluding ortho intramolecular Hbond substituents is 3. The van der Waals surface area contributed by atoms with Crippen LogP contribution in [0.1, 0.15) is 75.5 Å². The second-order valence-electron chi connectivity index (χ2n) is 15.9. The van der Waals surface area contributed by atoms with Gasteiger partial charge in [-0.05, 0) is 32.1 Å². The first-order valence-electron chi connectivity index (χ1n) is 19.8. The number of rotatable bonds is 6. The van der Waals surface area contributed by atoms with Crippen LogP contribution in [0, 0.1) is 30.6 Å². The molecule has 0 fully saturated rings. The monoisotopic (exact) mass is 898 g/mol. The van der Waals surface area contributed by atoms with E-state index in [1.165, 1.54) is 59.3 Å². The van der Waals surface area contributed by atoms with Gasteiger partial charge in [0.2, 0.25) is 0 Å². The van der Waals surface area contributed by atoms with Gasteiger partial charge in [0, 0.05) is 76.8 Å². The molecule has 3 heterocycles. The van der Waals surface area contributed by atoms with E-state index in [-0.39, 0.29) is 45.4 Å². The molecule has 3 aromatic rings. The number of anilines is 1. The number of amides is 1. The molecule has 0 radical (unpaired) electrons. The van der Waals surface area contributed by atoms with E-state index in [2.05, 4.69) is 10.5 Å². The van der Waals surface area contributed by atoms with Crippen molar-refractivity contribution in [1.29, 1.82) is 0 Å². The highest BCUT2D eigenvalue weighted by atomic mass is 35.5. The number of carbonyl (C=O) groups is 3. The molecule has 6 rings (SSSR count). The zero-order chi connectivity index (χ0) is 46.0. The molecule has 3 aromatic carbocycles. The van der Waals surface area contributed by atoms with Crippen LogP contribution in [-0.2, 0) is 35.2 Å². The van der Waals surface area contributed by atoms with E-state index in [4.69, 9.17) is 47.0 Å². The number of methoxy groups -OCH3 is 1. The van der Waals surface area contributed by atoms with Gasteiger partial charge in [-0.25, -0.2) is 0 Å². The van der Waals surface area contributed by atoms with E-state index in [1.54, 1.807) is 52.0 Å². The number of ketones is 1. The average Bonchev–Trinajstić information content (AvgIpc) is 3.49. The quantitative estimate of drug-likeness (QED) is 0.0462. The summed E-state index contributed by atoms with van der Waals surface area (Å²) in [5, 5.41) is 64.9. The van der Waals surface area contributed by atoms with E-state index >= 15 is 0 Å². The molecule has 0 aromatic heterocycles. The van der Waals surface area contributed by atoms with Crippen molar-refractivity contribution >= 4 is 63.5 Å². The fourth-order valence-electron chi connectivity index (χ4n) is 7.71. The highest BCUT2D eigenvalue weighted by Crippen LogP contribution is 2.55. The minimum Gasteiger partial charge on any atom is -0.507 e. The lowest BCUT2D eigenvalue weighted by molar-refractivity contribution is -0.160. The maximum Gasteiger partial charge on any atom is 0.312 e. The van der Waals surface area contributed by atoms with E-state index in [1.807, 2.05) is 0 Å². The van der Waals surface area contributed by atoms with Crippen LogP contribution < -0.4 is 10.1 Å². The summed E-state index contributed by atoms with van der Waals surface area (Å²) >= 11 is 12.3. The lowest BCUT2D eigenvalue weighted by Crippen LogP contribution is -2.46. The smallest absolute Gasteiger partial charge is 0.312 e. The molecule has 9 atom stereocenters. The Kier molecular flexibility index (Phi) is 14.9. The third kappa shape index (κ3) is 9.52. The molecule has 1 amide bonds. The predicted molar refractivity (Wildman–Crippen MR) is 233 cm³/mol. The maximum absolute atomic E-state index is 14.4. The number of oxime groups is 1. The molecule has 0 saturated heterocycles. The molecule has 3 aliphatic heterocycles. The summed E-state index contributed by atoms with van der Waals surface area (Å²) in [4.78, 5) is 46.0. The number of fused-ring (bicyclic) bond motifs is 14. The molecular weight excluding hydrogens is 847 g/mol. The Hall–Kier alpha value is -5.32. The molecule has 334 valence electrons. The van der Waals surface area contributed by atoms with Gasteiger partial charge >= 0.3 is 11.8 Å². The van der Waals surface area contributed by atoms with Crippen LogP contribution in [0.5, 0.6) is 23.0 Å². The number of esters is 1. The number of allylic oxidation sites excluding steroid dienone is 2. The van der Waals surface area contributed by atoms with Crippen LogP contribution >= 0.6 is 23.2 Å². The van der Waals surface area contributed by atoms with E-state index < -0.39 is 94.5 Å². The number of carbonyl (C=O) groups excluding carboxylic acids is 3. The number of nitrogens with one attached hydrogen (secondary N) is 1. The molecule has 6 N–H and O–H groups in total. The van der Waals surface area contributed by atoms with Gasteiger partial charge in [-0.15, -0.1) is 0 Å². The Bertz CT molecular complexity index is 2360. The number of aromatic hydroxyl groups is 3. The number of nitrogens with zero attached hydrogens (tertiary/aromatic N) is 1. The van der Waals surface area contributed by atoms with Gasteiger partial charge in [0.25, 0.3) is 11.7 Å². The largest absolute Gasteiger partial charge is 0.507 e. The van der Waals surface area contributed by atoms with E-state index in [0.29, 0.717) is 15.6 Å². The van der Waals surface area contributed by atoms with Crippen LogP contribution in [0.15, 0.2) is 59.5 Å². The maximum atomic E-state index is 14.4. The van der Waals surface area contributed by atoms with Crippen molar-refractivity contribution < 1.29 is 63.7 Å². The predicted octanol–water partition coefficient (Wildman–Crippen LogP) is 7.61. The summed E-state index contributed by atoms with van der Waals surface area (Å²) in [6.45, 7) is 12.2. The molecule has 3 aliphatic rings. The van der Waals surface area contributed by atoms with Gasteiger partial charge in [0.05, 0.1) is 53.0 Å². The molecule has 0 saturated carbocycles. The molecule has 0 spiro atoms. The first-order valence-corrected chi connectivity index (χ1v) is 20.6. The highest BCUT2D eigenvalue weighted by Gasteiger charge is 2.50. The molecule has 0 aliphatic carbocycles. The Morgan fingerprint density at radius 1 is 0.968 bits per heavy atom. The Morgan fingerprint density at radius 3 is 2.31 bits per heavy atom. The number of aliphatic hydroxyl groups excluding tert-OH is 2. The summed E-state index contributed by atoms with van der Waals surface area (Å²) in [5.74, 6) is -9.00. The first-order chi connectivity index (χ1) is 29.1.